The van der Waals surface area contributed by atoms with Gasteiger partial charge in [-0.2, -0.15) is 4.98 Å². The Labute approximate surface area is 88.9 Å². The zero-order chi connectivity index (χ0) is 11.1. The lowest BCUT2D eigenvalue weighted by Crippen LogP contribution is -2.31. The van der Waals surface area contributed by atoms with Gasteiger partial charge in [0.2, 0.25) is 5.89 Å². The zero-order valence-corrected chi connectivity index (χ0v) is 9.32. The molecule has 1 rings (SSSR count). The maximum absolute atomic E-state index is 5.02. The van der Waals surface area contributed by atoms with Crippen LogP contribution in [0.5, 0.6) is 0 Å². The topological polar surface area (TPSA) is 69.4 Å². The molecular formula is C9H17N3O3. The molecule has 0 atom stereocenters. The summed E-state index contributed by atoms with van der Waals surface area (Å²) in [6.45, 7) is 3.18. The molecule has 0 bridgehead atoms. The van der Waals surface area contributed by atoms with Crippen LogP contribution in [0.4, 0.5) is 0 Å². The van der Waals surface area contributed by atoms with Gasteiger partial charge < -0.3 is 19.3 Å². The number of methoxy groups -OCH3 is 2. The summed E-state index contributed by atoms with van der Waals surface area (Å²) >= 11 is 0. The number of aromatic nitrogens is 2. The van der Waals surface area contributed by atoms with Crippen LogP contribution in [0.15, 0.2) is 4.52 Å². The minimum atomic E-state index is -0.211. The summed E-state index contributed by atoms with van der Waals surface area (Å²) in [6, 6.07) is 0. The first-order chi connectivity index (χ1) is 7.26. The first-order valence-corrected chi connectivity index (χ1v) is 4.81. The quantitative estimate of drug-likeness (QED) is 0.515. The van der Waals surface area contributed by atoms with E-state index in [0.717, 1.165) is 13.0 Å². The molecule has 15 heavy (non-hydrogen) atoms. The maximum atomic E-state index is 5.02. The lowest BCUT2D eigenvalue weighted by atomic mass is 10.4. The molecule has 1 heterocycles. The van der Waals surface area contributed by atoms with Crippen molar-refractivity contribution in [3.8, 4) is 0 Å². The Balaban J connectivity index is 2.11. The molecule has 0 amide bonds. The molecule has 0 aliphatic carbocycles. The highest BCUT2D eigenvalue weighted by atomic mass is 16.7. The van der Waals surface area contributed by atoms with Crippen molar-refractivity contribution in [2.24, 2.45) is 0 Å². The molecular weight excluding hydrogens is 198 g/mol. The third-order valence-electron chi connectivity index (χ3n) is 1.93. The zero-order valence-electron chi connectivity index (χ0n) is 9.32. The van der Waals surface area contributed by atoms with Crippen molar-refractivity contribution in [1.29, 1.82) is 0 Å². The molecule has 0 saturated heterocycles. The van der Waals surface area contributed by atoms with Gasteiger partial charge in [0.25, 0.3) is 0 Å². The fourth-order valence-electron chi connectivity index (χ4n) is 1.13. The Hall–Kier alpha value is -0.980. The highest BCUT2D eigenvalue weighted by molar-refractivity contribution is 4.84. The van der Waals surface area contributed by atoms with Crippen LogP contribution in [0, 0.1) is 6.92 Å². The molecule has 86 valence electrons. The van der Waals surface area contributed by atoms with Crippen LogP contribution in [0.2, 0.25) is 0 Å². The second-order valence-corrected chi connectivity index (χ2v) is 3.08. The van der Waals surface area contributed by atoms with Crippen LogP contribution in [0.1, 0.15) is 11.7 Å². The van der Waals surface area contributed by atoms with Crippen molar-refractivity contribution in [2.75, 3.05) is 27.3 Å². The van der Waals surface area contributed by atoms with Crippen LogP contribution in [0.3, 0.4) is 0 Å². The number of hydrogen-bond donors (Lipinski definition) is 1. The van der Waals surface area contributed by atoms with Gasteiger partial charge in [0, 0.05) is 40.7 Å². The molecule has 6 heteroatoms. The average Bonchev–Trinajstić information content (AvgIpc) is 2.65. The van der Waals surface area contributed by atoms with E-state index in [2.05, 4.69) is 15.5 Å². The van der Waals surface area contributed by atoms with Gasteiger partial charge in [0.1, 0.15) is 0 Å². The maximum Gasteiger partial charge on any atom is 0.223 e. The number of aryl methyl sites for hydroxylation is 1. The first kappa shape index (κ1) is 12.1. The Kier molecular flexibility index (Phi) is 5.23. The van der Waals surface area contributed by atoms with E-state index in [-0.39, 0.29) is 6.29 Å². The molecule has 0 fully saturated rings. The highest BCUT2D eigenvalue weighted by Gasteiger charge is 2.05. The molecule has 1 N–H and O–H groups in total. The molecule has 0 spiro atoms. The fraction of sp³-hybridized carbons (Fsp3) is 0.778. The van der Waals surface area contributed by atoms with Gasteiger partial charge in [-0.15, -0.1) is 0 Å². The third kappa shape index (κ3) is 4.37. The largest absolute Gasteiger partial charge is 0.355 e. The summed E-state index contributed by atoms with van der Waals surface area (Å²) < 4.78 is 14.9. The predicted molar refractivity (Wildman–Crippen MR) is 53.4 cm³/mol. The van der Waals surface area contributed by atoms with Crippen LogP contribution in [-0.4, -0.2) is 43.7 Å². The highest BCUT2D eigenvalue weighted by Crippen LogP contribution is 1.95. The summed E-state index contributed by atoms with van der Waals surface area (Å²) in [5, 5.41) is 6.96. The van der Waals surface area contributed by atoms with E-state index in [9.17, 15) is 0 Å². The fourth-order valence-corrected chi connectivity index (χ4v) is 1.13. The molecule has 0 aliphatic heterocycles. The van der Waals surface area contributed by atoms with Gasteiger partial charge in [-0.25, -0.2) is 0 Å². The van der Waals surface area contributed by atoms with E-state index in [0.29, 0.717) is 18.3 Å². The lowest BCUT2D eigenvalue weighted by Gasteiger charge is -2.13. The van der Waals surface area contributed by atoms with E-state index >= 15 is 0 Å². The molecule has 0 aliphatic rings. The molecule has 1 aromatic rings. The van der Waals surface area contributed by atoms with E-state index < -0.39 is 0 Å². The number of rotatable bonds is 7. The van der Waals surface area contributed by atoms with Gasteiger partial charge >= 0.3 is 0 Å². The Bertz CT molecular complexity index is 273. The summed E-state index contributed by atoms with van der Waals surface area (Å²) in [7, 11) is 3.22. The number of hydrogen-bond acceptors (Lipinski definition) is 6. The molecule has 0 saturated carbocycles. The Morgan fingerprint density at radius 1 is 1.40 bits per heavy atom. The van der Waals surface area contributed by atoms with Gasteiger partial charge in [0.15, 0.2) is 12.1 Å². The van der Waals surface area contributed by atoms with E-state index in [1.165, 1.54) is 0 Å². The SMILES string of the molecule is COC(CNCCc1noc(C)n1)OC. The lowest BCUT2D eigenvalue weighted by molar-refractivity contribution is -0.0986. The summed E-state index contributed by atoms with van der Waals surface area (Å²) in [4.78, 5) is 4.09. The summed E-state index contributed by atoms with van der Waals surface area (Å²) in [5.41, 5.74) is 0. The number of nitrogens with zero attached hydrogens (tertiary/aromatic N) is 2. The van der Waals surface area contributed by atoms with Crippen molar-refractivity contribution in [3.63, 3.8) is 0 Å². The van der Waals surface area contributed by atoms with Crippen LogP contribution in [-0.2, 0) is 15.9 Å². The second-order valence-electron chi connectivity index (χ2n) is 3.08. The van der Waals surface area contributed by atoms with Gasteiger partial charge in [0.05, 0.1) is 0 Å². The van der Waals surface area contributed by atoms with Crippen molar-refractivity contribution in [1.82, 2.24) is 15.5 Å². The Morgan fingerprint density at radius 2 is 2.13 bits per heavy atom. The standard InChI is InChI=1S/C9H17N3O3/c1-7-11-8(12-15-7)4-5-10-6-9(13-2)14-3/h9-10H,4-6H2,1-3H3. The van der Waals surface area contributed by atoms with Crippen LogP contribution < -0.4 is 5.32 Å². The van der Waals surface area contributed by atoms with Crippen molar-refractivity contribution in [2.45, 2.75) is 19.6 Å². The van der Waals surface area contributed by atoms with Gasteiger partial charge in [-0.3, -0.25) is 0 Å². The second kappa shape index (κ2) is 6.49. The van der Waals surface area contributed by atoms with Crippen molar-refractivity contribution < 1.29 is 14.0 Å². The molecule has 0 radical (unpaired) electrons. The minimum Gasteiger partial charge on any atom is -0.355 e. The number of nitrogens with one attached hydrogen (secondary N) is 1. The Morgan fingerprint density at radius 3 is 2.67 bits per heavy atom. The summed E-state index contributed by atoms with van der Waals surface area (Å²) in [5.74, 6) is 1.31. The van der Waals surface area contributed by atoms with E-state index in [4.69, 9.17) is 14.0 Å². The summed E-state index contributed by atoms with van der Waals surface area (Å²) in [6.07, 6.45) is 0.523. The monoisotopic (exact) mass is 215 g/mol. The van der Waals surface area contributed by atoms with Crippen molar-refractivity contribution >= 4 is 0 Å². The van der Waals surface area contributed by atoms with Crippen molar-refractivity contribution in [3.05, 3.63) is 11.7 Å². The third-order valence-corrected chi connectivity index (χ3v) is 1.93. The predicted octanol–water partition coefficient (Wildman–Crippen LogP) is 0.129. The molecule has 0 unspecified atom stereocenters. The van der Waals surface area contributed by atoms with Gasteiger partial charge in [-0.05, 0) is 0 Å². The smallest absolute Gasteiger partial charge is 0.223 e. The molecule has 1 aromatic heterocycles. The van der Waals surface area contributed by atoms with Crippen LogP contribution >= 0.6 is 0 Å². The van der Waals surface area contributed by atoms with Gasteiger partial charge in [-0.1, -0.05) is 5.16 Å². The molecule has 6 nitrogen and oxygen atoms in total. The number of ether oxygens (including phenoxy) is 2. The van der Waals surface area contributed by atoms with Crippen LogP contribution in [0.25, 0.3) is 0 Å². The first-order valence-electron chi connectivity index (χ1n) is 4.81. The minimum absolute atomic E-state index is 0.211. The molecule has 0 aromatic carbocycles. The normalized spacial score (nSPS) is 11.2. The van der Waals surface area contributed by atoms with E-state index in [1.54, 1.807) is 21.1 Å². The average molecular weight is 215 g/mol. The van der Waals surface area contributed by atoms with E-state index in [1.807, 2.05) is 0 Å².